The molecule has 0 aliphatic carbocycles. The summed E-state index contributed by atoms with van der Waals surface area (Å²) in [7, 11) is 1.71. The molecule has 0 radical (unpaired) electrons. The molecule has 17 heavy (non-hydrogen) atoms. The zero-order valence-corrected chi connectivity index (χ0v) is 11.4. The fraction of sp³-hybridized carbons (Fsp3) is 0.667. The second-order valence-corrected chi connectivity index (χ2v) is 4.21. The van der Waals surface area contributed by atoms with Crippen molar-refractivity contribution >= 4 is 17.4 Å². The van der Waals surface area contributed by atoms with Gasteiger partial charge in [-0.25, -0.2) is 4.98 Å². The summed E-state index contributed by atoms with van der Waals surface area (Å²) in [5.74, 6) is 1.28. The molecule has 1 heterocycles. The molecule has 96 valence electrons. The van der Waals surface area contributed by atoms with Gasteiger partial charge in [-0.05, 0) is 13.3 Å². The van der Waals surface area contributed by atoms with Crippen LogP contribution < -0.4 is 4.90 Å². The number of ether oxygens (including phenoxy) is 1. The Hall–Kier alpha value is -0.870. The maximum atomic E-state index is 5.70. The van der Waals surface area contributed by atoms with Crippen LogP contribution in [0.1, 0.15) is 26.0 Å². The molecule has 0 saturated carbocycles. The maximum absolute atomic E-state index is 5.70. The summed E-state index contributed by atoms with van der Waals surface area (Å²) in [6.07, 6.45) is 4.56. The molecule has 0 aliphatic rings. The van der Waals surface area contributed by atoms with Crippen molar-refractivity contribution in [2.45, 2.75) is 32.2 Å². The third-order valence-electron chi connectivity index (χ3n) is 2.78. The molecule has 1 aromatic heterocycles. The third-order valence-corrected chi connectivity index (χ3v) is 3.06. The molecular weight excluding hydrogens is 238 g/mol. The third kappa shape index (κ3) is 4.13. The van der Waals surface area contributed by atoms with E-state index < -0.39 is 0 Å². The Labute approximate surface area is 108 Å². The van der Waals surface area contributed by atoms with Crippen molar-refractivity contribution < 1.29 is 4.74 Å². The van der Waals surface area contributed by atoms with Crippen LogP contribution in [0, 0.1) is 0 Å². The van der Waals surface area contributed by atoms with Crippen molar-refractivity contribution in [3.63, 3.8) is 0 Å². The first-order valence-corrected chi connectivity index (χ1v) is 6.38. The van der Waals surface area contributed by atoms with Gasteiger partial charge < -0.3 is 9.64 Å². The van der Waals surface area contributed by atoms with E-state index >= 15 is 0 Å². The largest absolute Gasteiger partial charge is 0.383 e. The van der Waals surface area contributed by atoms with Gasteiger partial charge in [-0.3, -0.25) is 4.98 Å². The van der Waals surface area contributed by atoms with E-state index in [4.69, 9.17) is 16.3 Å². The molecule has 1 aromatic rings. The Kier molecular flexibility index (Phi) is 6.22. The number of alkyl halides is 1. The van der Waals surface area contributed by atoms with Gasteiger partial charge >= 0.3 is 0 Å². The number of aromatic nitrogens is 2. The maximum Gasteiger partial charge on any atom is 0.147 e. The zero-order chi connectivity index (χ0) is 12.7. The number of halogens is 1. The minimum absolute atomic E-state index is 0.398. The average Bonchev–Trinajstić information content (AvgIpc) is 2.39. The Morgan fingerprint density at radius 3 is 2.65 bits per heavy atom. The van der Waals surface area contributed by atoms with Crippen molar-refractivity contribution in [2.24, 2.45) is 0 Å². The predicted molar refractivity (Wildman–Crippen MR) is 70.6 cm³/mol. The molecule has 5 heteroatoms. The molecule has 1 rings (SSSR count). The smallest absolute Gasteiger partial charge is 0.147 e. The number of hydrogen-bond acceptors (Lipinski definition) is 4. The van der Waals surface area contributed by atoms with Crippen molar-refractivity contribution in [3.05, 3.63) is 18.1 Å². The van der Waals surface area contributed by atoms with E-state index in [1.807, 2.05) is 0 Å². The summed E-state index contributed by atoms with van der Waals surface area (Å²) in [6, 6.07) is 0.418. The fourth-order valence-electron chi connectivity index (χ4n) is 1.54. The van der Waals surface area contributed by atoms with E-state index in [2.05, 4.69) is 28.7 Å². The topological polar surface area (TPSA) is 38.2 Å². The highest BCUT2D eigenvalue weighted by Gasteiger charge is 2.14. The lowest BCUT2D eigenvalue weighted by atomic mass is 10.2. The number of methoxy groups -OCH3 is 1. The molecule has 0 N–H and O–H groups in total. The van der Waals surface area contributed by atoms with E-state index in [-0.39, 0.29) is 0 Å². The molecule has 0 bridgehead atoms. The van der Waals surface area contributed by atoms with E-state index in [1.165, 1.54) is 0 Å². The monoisotopic (exact) mass is 257 g/mol. The van der Waals surface area contributed by atoms with Crippen LogP contribution in [0.5, 0.6) is 0 Å². The summed E-state index contributed by atoms with van der Waals surface area (Å²) in [4.78, 5) is 10.9. The number of rotatable bonds is 7. The molecule has 0 fully saturated rings. The van der Waals surface area contributed by atoms with Crippen molar-refractivity contribution in [1.82, 2.24) is 9.97 Å². The lowest BCUT2D eigenvalue weighted by Gasteiger charge is -2.29. The highest BCUT2D eigenvalue weighted by molar-refractivity contribution is 6.16. The number of anilines is 1. The van der Waals surface area contributed by atoms with Gasteiger partial charge in [0.1, 0.15) is 5.82 Å². The van der Waals surface area contributed by atoms with Gasteiger partial charge in [-0.1, -0.05) is 6.92 Å². The van der Waals surface area contributed by atoms with Crippen LogP contribution in [0.15, 0.2) is 12.4 Å². The van der Waals surface area contributed by atoms with Gasteiger partial charge in [0.15, 0.2) is 0 Å². The van der Waals surface area contributed by atoms with Gasteiger partial charge in [0.05, 0.1) is 30.6 Å². The Bertz CT molecular complexity index is 318. The van der Waals surface area contributed by atoms with E-state index in [0.29, 0.717) is 18.5 Å². The molecule has 0 aliphatic heterocycles. The average molecular weight is 258 g/mol. The zero-order valence-electron chi connectivity index (χ0n) is 10.7. The van der Waals surface area contributed by atoms with Crippen molar-refractivity contribution in [1.29, 1.82) is 0 Å². The van der Waals surface area contributed by atoms with Crippen molar-refractivity contribution in [3.8, 4) is 0 Å². The predicted octanol–water partition coefficient (Wildman–Crippen LogP) is 2.47. The molecule has 0 amide bonds. The van der Waals surface area contributed by atoms with Crippen LogP contribution in [0.25, 0.3) is 0 Å². The van der Waals surface area contributed by atoms with Gasteiger partial charge in [-0.15, -0.1) is 11.6 Å². The summed E-state index contributed by atoms with van der Waals surface area (Å²) in [5.41, 5.74) is 0.797. The van der Waals surface area contributed by atoms with E-state index in [1.54, 1.807) is 19.5 Å². The molecule has 0 spiro atoms. The summed E-state index contributed by atoms with van der Waals surface area (Å²) < 4.78 is 5.12. The first-order valence-electron chi connectivity index (χ1n) is 5.85. The molecule has 1 atom stereocenters. The lowest BCUT2D eigenvalue weighted by molar-refractivity contribution is 0.203. The minimum atomic E-state index is 0.398. The number of hydrogen-bond donors (Lipinski definition) is 0. The normalized spacial score (nSPS) is 12.5. The van der Waals surface area contributed by atoms with Gasteiger partial charge in [0, 0.05) is 19.7 Å². The van der Waals surface area contributed by atoms with E-state index in [0.717, 1.165) is 24.5 Å². The van der Waals surface area contributed by atoms with Crippen LogP contribution >= 0.6 is 11.6 Å². The second-order valence-electron chi connectivity index (χ2n) is 3.94. The van der Waals surface area contributed by atoms with Gasteiger partial charge in [0.2, 0.25) is 0 Å². The van der Waals surface area contributed by atoms with Crippen LogP contribution in [0.4, 0.5) is 5.82 Å². The molecule has 1 unspecified atom stereocenters. The van der Waals surface area contributed by atoms with Crippen molar-refractivity contribution in [2.75, 3.05) is 25.2 Å². The van der Waals surface area contributed by atoms with Gasteiger partial charge in [-0.2, -0.15) is 0 Å². The highest BCUT2D eigenvalue weighted by atomic mass is 35.5. The van der Waals surface area contributed by atoms with E-state index in [9.17, 15) is 0 Å². The Morgan fingerprint density at radius 2 is 2.18 bits per heavy atom. The second kappa shape index (κ2) is 7.45. The lowest BCUT2D eigenvalue weighted by Crippen LogP contribution is -2.36. The fourth-order valence-corrected chi connectivity index (χ4v) is 1.67. The van der Waals surface area contributed by atoms with Crippen LogP contribution in [-0.2, 0) is 10.6 Å². The first-order chi connectivity index (χ1) is 8.22. The summed E-state index contributed by atoms with van der Waals surface area (Å²) in [6.45, 7) is 5.83. The highest BCUT2D eigenvalue weighted by Crippen LogP contribution is 2.15. The minimum Gasteiger partial charge on any atom is -0.383 e. The summed E-state index contributed by atoms with van der Waals surface area (Å²) in [5, 5.41) is 0. The molecule has 4 nitrogen and oxygen atoms in total. The quantitative estimate of drug-likeness (QED) is 0.704. The molecule has 0 saturated heterocycles. The Morgan fingerprint density at radius 1 is 1.41 bits per heavy atom. The molecular formula is C12H20ClN3O. The van der Waals surface area contributed by atoms with Crippen LogP contribution in [-0.4, -0.2) is 36.3 Å². The standard InChI is InChI=1S/C12H20ClN3O/c1-4-10(2)16(5-6-17-3)12-9-14-11(7-13)8-15-12/h8-10H,4-7H2,1-3H3. The van der Waals surface area contributed by atoms with Crippen LogP contribution in [0.3, 0.4) is 0 Å². The van der Waals surface area contributed by atoms with Gasteiger partial charge in [0.25, 0.3) is 0 Å². The summed E-state index contributed by atoms with van der Waals surface area (Å²) >= 11 is 5.70. The Balaban J connectivity index is 2.79. The van der Waals surface area contributed by atoms with Crippen LogP contribution in [0.2, 0.25) is 0 Å². The number of nitrogens with zero attached hydrogens (tertiary/aromatic N) is 3. The first kappa shape index (κ1) is 14.2. The molecule has 0 aromatic carbocycles. The SMILES string of the molecule is CCC(C)N(CCOC)c1cnc(CCl)cn1.